The molecule has 0 atom stereocenters. The highest BCUT2D eigenvalue weighted by molar-refractivity contribution is 6.11. The predicted molar refractivity (Wildman–Crippen MR) is 232 cm³/mol. The minimum Gasteiger partial charge on any atom is -0.456 e. The van der Waals surface area contributed by atoms with Gasteiger partial charge in [-0.2, -0.15) is 0 Å². The summed E-state index contributed by atoms with van der Waals surface area (Å²) in [5, 5.41) is 4.65. The topological polar surface area (TPSA) is 56.7 Å². The van der Waals surface area contributed by atoms with Crippen molar-refractivity contribution in [2.24, 2.45) is 0 Å². The molecule has 3 aromatic heterocycles. The van der Waals surface area contributed by atoms with E-state index in [1.807, 2.05) is 36.4 Å². The maximum Gasteiger partial charge on any atom is 0.163 e. The van der Waals surface area contributed by atoms with Gasteiger partial charge >= 0.3 is 0 Å². The van der Waals surface area contributed by atoms with Crippen LogP contribution in [0.1, 0.15) is 11.4 Å². The van der Waals surface area contributed by atoms with E-state index in [1.165, 1.54) is 10.8 Å². The number of rotatable bonds is 7. The first-order chi connectivity index (χ1) is 28.2. The van der Waals surface area contributed by atoms with Gasteiger partial charge in [0.2, 0.25) is 0 Å². The van der Waals surface area contributed by atoms with Gasteiger partial charge in [-0.1, -0.05) is 152 Å². The summed E-state index contributed by atoms with van der Waals surface area (Å²) < 4.78 is 8.56. The van der Waals surface area contributed by atoms with Gasteiger partial charge in [0.05, 0.1) is 11.0 Å². The van der Waals surface area contributed by atoms with Crippen LogP contribution in [0.15, 0.2) is 199 Å². The van der Waals surface area contributed by atoms with E-state index in [-0.39, 0.29) is 0 Å². The second kappa shape index (κ2) is 13.6. The van der Waals surface area contributed by atoms with E-state index in [4.69, 9.17) is 19.4 Å². The molecule has 11 aromatic rings. The molecule has 0 fully saturated rings. The molecular weight excluding hydrogens is 697 g/mol. The minimum absolute atomic E-state index is 0.516. The normalized spacial score (nSPS) is 11.6. The summed E-state index contributed by atoms with van der Waals surface area (Å²) in [6.07, 6.45) is 0.516. The van der Waals surface area contributed by atoms with Gasteiger partial charge in [0, 0.05) is 44.8 Å². The standard InChI is InChI=1S/C52H34N4O/c1-3-14-34(15-4-1)36-19-13-20-40(30-36)52-54-50(53-51(55-52)35-16-5-2-6-17-35)33-39-18-7-10-23-45(39)56-46-24-11-8-21-41(46)42-28-26-38(32-47(42)56)37-27-29-49-44(31-37)43-22-9-12-25-48(43)57-49/h1-32H,33H2. The number of hydrogen-bond donors (Lipinski definition) is 0. The van der Waals surface area contributed by atoms with Crippen molar-refractivity contribution in [3.8, 4) is 50.7 Å². The molecule has 11 rings (SSSR count). The quantitative estimate of drug-likeness (QED) is 0.164. The molecule has 0 unspecified atom stereocenters. The fourth-order valence-corrected chi connectivity index (χ4v) is 8.18. The van der Waals surface area contributed by atoms with Crippen molar-refractivity contribution >= 4 is 43.7 Å². The summed E-state index contributed by atoms with van der Waals surface area (Å²) in [5.41, 5.74) is 12.7. The van der Waals surface area contributed by atoms with Crippen molar-refractivity contribution in [3.63, 3.8) is 0 Å². The molecule has 57 heavy (non-hydrogen) atoms. The largest absolute Gasteiger partial charge is 0.456 e. The third-order valence-corrected chi connectivity index (χ3v) is 10.9. The van der Waals surface area contributed by atoms with Crippen LogP contribution in [0.2, 0.25) is 0 Å². The molecule has 0 aliphatic carbocycles. The van der Waals surface area contributed by atoms with Crippen LogP contribution in [0.25, 0.3) is 94.5 Å². The summed E-state index contributed by atoms with van der Waals surface area (Å²) in [5.74, 6) is 2.01. The Morgan fingerprint density at radius 3 is 1.82 bits per heavy atom. The van der Waals surface area contributed by atoms with Gasteiger partial charge in [-0.05, 0) is 70.3 Å². The van der Waals surface area contributed by atoms with Crippen molar-refractivity contribution in [1.82, 2.24) is 19.5 Å². The molecule has 0 aliphatic heterocycles. The fourth-order valence-electron chi connectivity index (χ4n) is 8.18. The van der Waals surface area contributed by atoms with Crippen LogP contribution in [-0.2, 0) is 6.42 Å². The average Bonchev–Trinajstić information content (AvgIpc) is 3.82. The Morgan fingerprint density at radius 1 is 0.368 bits per heavy atom. The Morgan fingerprint density at radius 2 is 0.965 bits per heavy atom. The molecule has 0 radical (unpaired) electrons. The molecule has 0 saturated carbocycles. The van der Waals surface area contributed by atoms with Crippen molar-refractivity contribution in [2.45, 2.75) is 6.42 Å². The van der Waals surface area contributed by atoms with Crippen LogP contribution >= 0.6 is 0 Å². The lowest BCUT2D eigenvalue weighted by Crippen LogP contribution is -2.06. The Labute approximate surface area is 329 Å². The first kappa shape index (κ1) is 32.8. The molecule has 0 saturated heterocycles. The second-order valence-electron chi connectivity index (χ2n) is 14.4. The van der Waals surface area contributed by atoms with E-state index >= 15 is 0 Å². The molecule has 8 aromatic carbocycles. The zero-order chi connectivity index (χ0) is 37.7. The molecule has 3 heterocycles. The van der Waals surface area contributed by atoms with Gasteiger partial charge in [-0.15, -0.1) is 0 Å². The van der Waals surface area contributed by atoms with Crippen molar-refractivity contribution in [2.75, 3.05) is 0 Å². The highest BCUT2D eigenvalue weighted by atomic mass is 16.3. The van der Waals surface area contributed by atoms with Crippen LogP contribution in [0.4, 0.5) is 0 Å². The number of para-hydroxylation sites is 3. The Kier molecular flexibility index (Phi) is 7.81. The van der Waals surface area contributed by atoms with Crippen LogP contribution < -0.4 is 0 Å². The van der Waals surface area contributed by atoms with Gasteiger partial charge in [0.25, 0.3) is 0 Å². The second-order valence-corrected chi connectivity index (χ2v) is 14.4. The molecule has 0 aliphatic rings. The van der Waals surface area contributed by atoms with Gasteiger partial charge < -0.3 is 8.98 Å². The van der Waals surface area contributed by atoms with Crippen LogP contribution in [0, 0.1) is 0 Å². The maximum atomic E-state index is 6.16. The Balaban J connectivity index is 1.05. The Bertz CT molecular complexity index is 3270. The Hall–Kier alpha value is -7.63. The summed E-state index contributed by atoms with van der Waals surface area (Å²) in [7, 11) is 0. The van der Waals surface area contributed by atoms with E-state index in [0.29, 0.717) is 23.9 Å². The van der Waals surface area contributed by atoms with E-state index in [0.717, 1.165) is 77.6 Å². The van der Waals surface area contributed by atoms with Crippen molar-refractivity contribution < 1.29 is 4.42 Å². The zero-order valence-electron chi connectivity index (χ0n) is 30.9. The highest BCUT2D eigenvalue weighted by Gasteiger charge is 2.18. The number of furan rings is 1. The monoisotopic (exact) mass is 730 g/mol. The maximum absolute atomic E-state index is 6.16. The fraction of sp³-hybridized carbons (Fsp3) is 0.0192. The first-order valence-corrected chi connectivity index (χ1v) is 19.2. The van der Waals surface area contributed by atoms with E-state index in [2.05, 4.69) is 162 Å². The SMILES string of the molecule is c1ccc(-c2cccc(-c3nc(Cc4ccccc4-n4c5ccccc5c5ccc(-c6ccc7oc8ccccc8c7c6)cc54)nc(-c4ccccc4)n3)c2)cc1. The third-order valence-electron chi connectivity index (χ3n) is 10.9. The van der Waals surface area contributed by atoms with E-state index < -0.39 is 0 Å². The molecule has 0 bridgehead atoms. The molecule has 5 heteroatoms. The van der Waals surface area contributed by atoms with Gasteiger partial charge in [-0.3, -0.25) is 0 Å². The smallest absolute Gasteiger partial charge is 0.163 e. The minimum atomic E-state index is 0.516. The van der Waals surface area contributed by atoms with Crippen molar-refractivity contribution in [1.29, 1.82) is 0 Å². The van der Waals surface area contributed by atoms with Gasteiger partial charge in [0.15, 0.2) is 11.6 Å². The summed E-state index contributed by atoms with van der Waals surface area (Å²) in [4.78, 5) is 15.3. The molecule has 268 valence electrons. The lowest BCUT2D eigenvalue weighted by atomic mass is 10.0. The summed E-state index contributed by atoms with van der Waals surface area (Å²) in [6, 6.07) is 67.9. The zero-order valence-corrected chi connectivity index (χ0v) is 30.9. The first-order valence-electron chi connectivity index (χ1n) is 19.2. The summed E-state index contributed by atoms with van der Waals surface area (Å²) >= 11 is 0. The number of fused-ring (bicyclic) bond motifs is 6. The van der Waals surface area contributed by atoms with E-state index in [9.17, 15) is 0 Å². The number of aromatic nitrogens is 4. The molecule has 0 spiro atoms. The highest BCUT2D eigenvalue weighted by Crippen LogP contribution is 2.38. The average molecular weight is 731 g/mol. The number of nitrogens with zero attached hydrogens (tertiary/aromatic N) is 4. The third kappa shape index (κ3) is 5.85. The van der Waals surface area contributed by atoms with Crippen molar-refractivity contribution in [3.05, 3.63) is 206 Å². The lowest BCUT2D eigenvalue weighted by Gasteiger charge is -2.15. The lowest BCUT2D eigenvalue weighted by molar-refractivity contribution is 0.669. The number of hydrogen-bond acceptors (Lipinski definition) is 4. The van der Waals surface area contributed by atoms with Crippen LogP contribution in [0.5, 0.6) is 0 Å². The molecule has 5 nitrogen and oxygen atoms in total. The summed E-state index contributed by atoms with van der Waals surface area (Å²) in [6.45, 7) is 0. The predicted octanol–water partition coefficient (Wildman–Crippen LogP) is 13.1. The van der Waals surface area contributed by atoms with E-state index in [1.54, 1.807) is 0 Å². The molecule has 0 amide bonds. The molecule has 0 N–H and O–H groups in total. The number of benzene rings is 8. The van der Waals surface area contributed by atoms with Crippen LogP contribution in [-0.4, -0.2) is 19.5 Å². The molecular formula is C52H34N4O. The van der Waals surface area contributed by atoms with Gasteiger partial charge in [0.1, 0.15) is 17.0 Å². The van der Waals surface area contributed by atoms with Crippen LogP contribution in [0.3, 0.4) is 0 Å². The van der Waals surface area contributed by atoms with Gasteiger partial charge in [-0.25, -0.2) is 15.0 Å².